The molecule has 0 saturated carbocycles. The van der Waals surface area contributed by atoms with Gasteiger partial charge in [-0.25, -0.2) is 0 Å². The van der Waals surface area contributed by atoms with Gasteiger partial charge < -0.3 is 9.47 Å². The van der Waals surface area contributed by atoms with Crippen molar-refractivity contribution < 1.29 is 14.3 Å². The average Bonchev–Trinajstić information content (AvgIpc) is 2.16. The lowest BCUT2D eigenvalue weighted by molar-refractivity contribution is -0.171. The zero-order valence-electron chi connectivity index (χ0n) is 7.22. The van der Waals surface area contributed by atoms with Crippen molar-refractivity contribution in [2.45, 2.75) is 6.35 Å². The Morgan fingerprint density at radius 1 is 1.42 bits per heavy atom. The monoisotopic (exact) mass is 173 g/mol. The van der Waals surface area contributed by atoms with Gasteiger partial charge in [0, 0.05) is 7.11 Å². The first-order valence-electron chi connectivity index (χ1n) is 3.33. The minimum absolute atomic E-state index is 0.273. The summed E-state index contributed by atoms with van der Waals surface area (Å²) in [5, 5.41) is 1.36. The molecule has 6 nitrogen and oxygen atoms in total. The van der Waals surface area contributed by atoms with Gasteiger partial charge in [-0.3, -0.25) is 4.84 Å². The molecule has 0 spiro atoms. The van der Waals surface area contributed by atoms with E-state index in [1.54, 1.807) is 0 Å². The van der Waals surface area contributed by atoms with Gasteiger partial charge in [-0.05, 0) is 0 Å². The number of amidine groups is 1. The number of rotatable bonds is 2. The van der Waals surface area contributed by atoms with Crippen LogP contribution in [0, 0.1) is 0 Å². The van der Waals surface area contributed by atoms with Crippen molar-refractivity contribution in [1.29, 1.82) is 0 Å². The van der Waals surface area contributed by atoms with Gasteiger partial charge in [0.1, 0.15) is 6.34 Å². The third-order valence-electron chi connectivity index (χ3n) is 1.32. The molecular weight excluding hydrogens is 162 g/mol. The molecule has 1 heterocycles. The van der Waals surface area contributed by atoms with Crippen LogP contribution in [-0.4, -0.2) is 45.1 Å². The maximum absolute atomic E-state index is 4.97. The van der Waals surface area contributed by atoms with Crippen LogP contribution >= 0.6 is 0 Å². The Morgan fingerprint density at radius 3 is 2.67 bits per heavy atom. The molecule has 1 rings (SSSR count). The molecule has 0 aromatic carbocycles. The third-order valence-corrected chi connectivity index (χ3v) is 1.32. The fourth-order valence-electron chi connectivity index (χ4n) is 0.747. The van der Waals surface area contributed by atoms with E-state index in [-0.39, 0.29) is 6.02 Å². The number of nitrogens with zero attached hydrogens (tertiary/aromatic N) is 3. The lowest BCUT2D eigenvalue weighted by atomic mass is 10.8. The summed E-state index contributed by atoms with van der Waals surface area (Å²) < 4.78 is 9.77. The zero-order chi connectivity index (χ0) is 8.97. The molecule has 1 atom stereocenters. The number of hydrogen-bond acceptors (Lipinski definition) is 6. The van der Waals surface area contributed by atoms with Gasteiger partial charge in [-0.2, -0.15) is 15.0 Å². The third kappa shape index (κ3) is 1.72. The van der Waals surface area contributed by atoms with Gasteiger partial charge in [0.05, 0.1) is 14.2 Å². The average molecular weight is 173 g/mol. The van der Waals surface area contributed by atoms with Crippen molar-refractivity contribution in [3.63, 3.8) is 0 Å². The molecule has 0 aromatic rings. The fourth-order valence-corrected chi connectivity index (χ4v) is 0.747. The summed E-state index contributed by atoms with van der Waals surface area (Å²) in [6.45, 7) is 0. The SMILES string of the molecule is COC1=NC(OC)N(OC)C=N1. The lowest BCUT2D eigenvalue weighted by Crippen LogP contribution is -2.37. The second kappa shape index (κ2) is 4.03. The van der Waals surface area contributed by atoms with Crippen LogP contribution in [-0.2, 0) is 14.3 Å². The number of aliphatic imine (C=N–C) groups is 2. The maximum atomic E-state index is 4.97. The summed E-state index contributed by atoms with van der Waals surface area (Å²) in [6, 6.07) is 0.273. The largest absolute Gasteiger partial charge is 0.467 e. The topological polar surface area (TPSA) is 55.7 Å². The first kappa shape index (κ1) is 8.95. The molecule has 1 aliphatic heterocycles. The van der Waals surface area contributed by atoms with E-state index in [0.717, 1.165) is 0 Å². The lowest BCUT2D eigenvalue weighted by Gasteiger charge is -2.24. The number of hydroxylamine groups is 2. The first-order chi connectivity index (χ1) is 5.81. The summed E-state index contributed by atoms with van der Waals surface area (Å²) in [5.74, 6) is 0. The number of hydrogen-bond donors (Lipinski definition) is 0. The van der Waals surface area contributed by atoms with Crippen LogP contribution in [0.5, 0.6) is 0 Å². The molecule has 0 bridgehead atoms. The zero-order valence-corrected chi connectivity index (χ0v) is 7.22. The molecule has 0 aromatic heterocycles. The summed E-state index contributed by atoms with van der Waals surface area (Å²) in [6.07, 6.45) is 0.919. The molecule has 1 aliphatic rings. The van der Waals surface area contributed by atoms with E-state index in [1.165, 1.54) is 32.7 Å². The highest BCUT2D eigenvalue weighted by Crippen LogP contribution is 2.05. The van der Waals surface area contributed by atoms with E-state index in [9.17, 15) is 0 Å². The summed E-state index contributed by atoms with van der Waals surface area (Å²) >= 11 is 0. The molecule has 12 heavy (non-hydrogen) atoms. The second-order valence-electron chi connectivity index (χ2n) is 1.96. The van der Waals surface area contributed by atoms with Crippen molar-refractivity contribution in [3.05, 3.63) is 0 Å². The number of ether oxygens (including phenoxy) is 2. The highest BCUT2D eigenvalue weighted by atomic mass is 16.7. The van der Waals surface area contributed by atoms with Gasteiger partial charge in [-0.15, -0.1) is 0 Å². The van der Waals surface area contributed by atoms with Crippen LogP contribution in [0.15, 0.2) is 9.98 Å². The maximum Gasteiger partial charge on any atom is 0.317 e. The number of methoxy groups -OCH3 is 2. The van der Waals surface area contributed by atoms with Crippen LogP contribution in [0.4, 0.5) is 0 Å². The predicted octanol–water partition coefficient (Wildman–Crippen LogP) is -0.176. The molecule has 1 unspecified atom stereocenters. The van der Waals surface area contributed by atoms with E-state index in [2.05, 4.69) is 9.98 Å². The van der Waals surface area contributed by atoms with Crippen LogP contribution in [0.25, 0.3) is 0 Å². The van der Waals surface area contributed by atoms with Crippen LogP contribution in [0.1, 0.15) is 0 Å². The molecule has 0 aliphatic carbocycles. The van der Waals surface area contributed by atoms with Gasteiger partial charge in [-0.1, -0.05) is 0 Å². The molecule has 0 radical (unpaired) electrons. The van der Waals surface area contributed by atoms with Gasteiger partial charge in [0.25, 0.3) is 6.35 Å². The van der Waals surface area contributed by atoms with E-state index in [0.29, 0.717) is 0 Å². The van der Waals surface area contributed by atoms with Crippen molar-refractivity contribution in [3.8, 4) is 0 Å². The van der Waals surface area contributed by atoms with Crippen molar-refractivity contribution in [1.82, 2.24) is 5.06 Å². The minimum atomic E-state index is -0.526. The minimum Gasteiger partial charge on any atom is -0.467 e. The highest BCUT2D eigenvalue weighted by molar-refractivity contribution is 5.84. The Labute approximate surface area is 70.4 Å². The smallest absolute Gasteiger partial charge is 0.317 e. The van der Waals surface area contributed by atoms with Crippen molar-refractivity contribution >= 4 is 12.4 Å². The van der Waals surface area contributed by atoms with Crippen LogP contribution in [0.3, 0.4) is 0 Å². The Morgan fingerprint density at radius 2 is 2.17 bits per heavy atom. The fraction of sp³-hybridized carbons (Fsp3) is 0.667. The molecule has 6 heteroatoms. The molecule has 0 saturated heterocycles. The highest BCUT2D eigenvalue weighted by Gasteiger charge is 2.19. The van der Waals surface area contributed by atoms with Crippen molar-refractivity contribution in [2.24, 2.45) is 9.98 Å². The normalized spacial score (nSPS) is 22.4. The van der Waals surface area contributed by atoms with E-state index in [1.807, 2.05) is 0 Å². The summed E-state index contributed by atoms with van der Waals surface area (Å²) in [4.78, 5) is 12.7. The molecule has 0 N–H and O–H groups in total. The molecule has 0 amide bonds. The Kier molecular flexibility index (Phi) is 3.01. The molecular formula is C6H11N3O3. The van der Waals surface area contributed by atoms with E-state index in [4.69, 9.17) is 14.3 Å². The van der Waals surface area contributed by atoms with Gasteiger partial charge in [0.15, 0.2) is 0 Å². The Balaban J connectivity index is 2.67. The molecule has 68 valence electrons. The van der Waals surface area contributed by atoms with E-state index >= 15 is 0 Å². The second-order valence-corrected chi connectivity index (χ2v) is 1.96. The van der Waals surface area contributed by atoms with Crippen LogP contribution < -0.4 is 0 Å². The first-order valence-corrected chi connectivity index (χ1v) is 3.33. The Bertz CT molecular complexity index is 204. The Hall–Kier alpha value is -1.14. The summed E-state index contributed by atoms with van der Waals surface area (Å²) in [7, 11) is 4.52. The predicted molar refractivity (Wildman–Crippen MR) is 42.6 cm³/mol. The quantitative estimate of drug-likeness (QED) is 0.581. The van der Waals surface area contributed by atoms with Crippen LogP contribution in [0.2, 0.25) is 0 Å². The molecule has 0 fully saturated rings. The standard InChI is InChI=1S/C6H11N3O3/c1-10-5-7-4-9(12-3)6(8-5)11-2/h4,6H,1-3H3. The van der Waals surface area contributed by atoms with Gasteiger partial charge in [0.2, 0.25) is 0 Å². The van der Waals surface area contributed by atoms with Gasteiger partial charge >= 0.3 is 6.02 Å². The summed E-state index contributed by atoms with van der Waals surface area (Å²) in [5.41, 5.74) is 0. The van der Waals surface area contributed by atoms with E-state index < -0.39 is 6.35 Å². The van der Waals surface area contributed by atoms with Crippen molar-refractivity contribution in [2.75, 3.05) is 21.3 Å².